The van der Waals surface area contributed by atoms with E-state index in [9.17, 15) is 29.1 Å². The van der Waals surface area contributed by atoms with Crippen LogP contribution in [0.3, 0.4) is 0 Å². The van der Waals surface area contributed by atoms with Crippen LogP contribution in [0.5, 0.6) is 0 Å². The number of amides is 2. The minimum atomic E-state index is -2.36. The van der Waals surface area contributed by atoms with Crippen LogP contribution in [0.1, 0.15) is 18.4 Å². The van der Waals surface area contributed by atoms with E-state index < -0.39 is 41.1 Å². The van der Waals surface area contributed by atoms with E-state index in [2.05, 4.69) is 9.69 Å². The SMILES string of the molecule is N#Cc1c(SCC(=O)N[C@H]2CON(C3(C(=O)[O-])CCC(=O)O3)C2=O)s[nH]c1=O.[Na+]. The predicted octanol–water partition coefficient (Wildman–Crippen LogP) is -5.55. The molecule has 0 saturated carbocycles. The molecule has 2 amide bonds. The molecule has 2 fully saturated rings. The molecule has 0 spiro atoms. The first-order valence-electron chi connectivity index (χ1n) is 7.72. The summed E-state index contributed by atoms with van der Waals surface area (Å²) in [6, 6.07) is 0.543. The van der Waals surface area contributed by atoms with E-state index in [1.54, 1.807) is 6.07 Å². The number of nitrogens with zero attached hydrogens (tertiary/aromatic N) is 2. The Morgan fingerprint density at radius 3 is 2.76 bits per heavy atom. The summed E-state index contributed by atoms with van der Waals surface area (Å²) in [6.45, 7) is -0.358. The van der Waals surface area contributed by atoms with Crippen molar-refractivity contribution in [3.63, 3.8) is 0 Å². The predicted molar refractivity (Wildman–Crippen MR) is 88.2 cm³/mol. The number of nitriles is 1. The molecule has 0 aromatic carbocycles. The summed E-state index contributed by atoms with van der Waals surface area (Å²) >= 11 is 1.84. The van der Waals surface area contributed by atoms with Crippen LogP contribution in [-0.2, 0) is 28.8 Å². The Bertz CT molecular complexity index is 956. The van der Waals surface area contributed by atoms with Gasteiger partial charge in [-0.25, -0.2) is 0 Å². The fraction of sp³-hybridized carbons (Fsp3) is 0.429. The Morgan fingerprint density at radius 1 is 1.45 bits per heavy atom. The van der Waals surface area contributed by atoms with E-state index in [0.717, 1.165) is 23.3 Å². The number of aromatic nitrogens is 1. The van der Waals surface area contributed by atoms with Gasteiger partial charge in [-0.15, -0.1) is 11.8 Å². The van der Waals surface area contributed by atoms with Gasteiger partial charge < -0.3 is 20.0 Å². The Kier molecular flexibility index (Phi) is 7.49. The summed E-state index contributed by atoms with van der Waals surface area (Å²) < 4.78 is 7.45. The van der Waals surface area contributed by atoms with Gasteiger partial charge in [0, 0.05) is 6.42 Å². The van der Waals surface area contributed by atoms with Crippen LogP contribution in [0.2, 0.25) is 0 Å². The molecule has 1 unspecified atom stereocenters. The number of ether oxygens (including phenoxy) is 1. The van der Waals surface area contributed by atoms with E-state index in [0.29, 0.717) is 9.27 Å². The van der Waals surface area contributed by atoms with Gasteiger partial charge in [-0.1, -0.05) is 11.5 Å². The number of aromatic amines is 1. The molecular formula is C14H11N4NaO8S2. The van der Waals surface area contributed by atoms with Crippen molar-refractivity contribution < 1.29 is 63.4 Å². The number of carboxylic acid groups (broad SMARTS) is 1. The zero-order chi connectivity index (χ0) is 20.5. The van der Waals surface area contributed by atoms with Crippen molar-refractivity contribution in [1.29, 1.82) is 5.26 Å². The van der Waals surface area contributed by atoms with E-state index >= 15 is 0 Å². The minimum Gasteiger partial charge on any atom is -0.544 e. The third-order valence-corrected chi connectivity index (χ3v) is 6.07. The summed E-state index contributed by atoms with van der Waals surface area (Å²) in [5, 5.41) is 23.1. The van der Waals surface area contributed by atoms with Crippen molar-refractivity contribution in [2.45, 2.75) is 28.8 Å². The second-order valence-corrected chi connectivity index (χ2v) is 7.75. The van der Waals surface area contributed by atoms with Crippen molar-refractivity contribution in [1.82, 2.24) is 14.8 Å². The Balaban J connectivity index is 0.00000300. The van der Waals surface area contributed by atoms with Crippen molar-refractivity contribution in [2.24, 2.45) is 0 Å². The molecule has 0 bridgehead atoms. The van der Waals surface area contributed by atoms with Crippen LogP contribution in [0.15, 0.2) is 9.00 Å². The number of hydrogen-bond donors (Lipinski definition) is 2. The van der Waals surface area contributed by atoms with E-state index in [1.165, 1.54) is 0 Å². The first kappa shape index (κ1) is 23.4. The largest absolute Gasteiger partial charge is 1.00 e. The number of thioether (sulfide) groups is 1. The molecule has 148 valence electrons. The molecule has 3 heterocycles. The monoisotopic (exact) mass is 450 g/mol. The molecule has 15 heteroatoms. The van der Waals surface area contributed by atoms with Crippen molar-refractivity contribution in [3.8, 4) is 6.07 Å². The fourth-order valence-electron chi connectivity index (χ4n) is 2.60. The van der Waals surface area contributed by atoms with Gasteiger partial charge in [0.15, 0.2) is 0 Å². The van der Waals surface area contributed by atoms with Gasteiger partial charge in [0.2, 0.25) is 5.91 Å². The normalized spacial score (nSPS) is 23.3. The summed E-state index contributed by atoms with van der Waals surface area (Å²) in [7, 11) is 0. The zero-order valence-electron chi connectivity index (χ0n) is 14.9. The molecular weight excluding hydrogens is 439 g/mol. The smallest absolute Gasteiger partial charge is 0.544 e. The number of rotatable bonds is 6. The number of carboxylic acids is 1. The number of nitrogens with one attached hydrogen (secondary N) is 2. The van der Waals surface area contributed by atoms with Gasteiger partial charge in [-0.05, 0) is 0 Å². The number of esters is 1. The Hall–Kier alpha value is -1.89. The first-order valence-corrected chi connectivity index (χ1v) is 9.52. The fourth-order valence-corrected chi connectivity index (χ4v) is 4.29. The molecule has 2 atom stereocenters. The van der Waals surface area contributed by atoms with E-state index in [4.69, 9.17) is 14.8 Å². The van der Waals surface area contributed by atoms with Gasteiger partial charge >= 0.3 is 35.5 Å². The molecule has 2 saturated heterocycles. The minimum absolute atomic E-state index is 0. The summed E-state index contributed by atoms with van der Waals surface area (Å²) in [5.74, 6) is -4.33. The topological polar surface area (TPSA) is 182 Å². The van der Waals surface area contributed by atoms with Crippen LogP contribution in [-0.4, -0.2) is 57.3 Å². The third-order valence-electron chi connectivity index (χ3n) is 3.92. The average Bonchev–Trinajstić information content (AvgIpc) is 3.32. The maximum absolute atomic E-state index is 12.4. The number of cyclic esters (lactones) is 1. The van der Waals surface area contributed by atoms with Gasteiger partial charge in [-0.3, -0.25) is 28.4 Å². The second-order valence-electron chi connectivity index (χ2n) is 5.69. The van der Waals surface area contributed by atoms with Crippen LogP contribution >= 0.6 is 23.3 Å². The maximum atomic E-state index is 12.4. The standard InChI is InChI=1S/C14H12N4O8S2.Na/c15-3-6-10(21)17-28-12(6)27-5-8(19)16-7-4-25-18(11(7)22)14(13(23)24)2-1-9(20)26-14;/h7H,1-2,4-5H2,(H,16,19)(H,17,21)(H,23,24);/q;+1/p-1/t7-,14?;/m0./s1. The number of hydrogen-bond acceptors (Lipinski definition) is 11. The molecule has 2 aliphatic heterocycles. The van der Waals surface area contributed by atoms with Crippen molar-refractivity contribution in [2.75, 3.05) is 12.4 Å². The van der Waals surface area contributed by atoms with Gasteiger partial charge in [0.1, 0.15) is 34.5 Å². The number of hydroxylamine groups is 2. The molecule has 0 aliphatic carbocycles. The molecule has 1 aromatic heterocycles. The number of H-pyrrole nitrogens is 1. The van der Waals surface area contributed by atoms with Crippen LogP contribution in [0, 0.1) is 11.3 Å². The quantitative estimate of drug-likeness (QED) is 0.241. The van der Waals surface area contributed by atoms with Crippen molar-refractivity contribution >= 4 is 47.0 Å². The third kappa shape index (κ3) is 4.49. The number of carbonyl (C=O) groups is 4. The van der Waals surface area contributed by atoms with E-state index in [-0.39, 0.29) is 60.3 Å². The van der Waals surface area contributed by atoms with Crippen molar-refractivity contribution in [3.05, 3.63) is 15.9 Å². The van der Waals surface area contributed by atoms with Crippen LogP contribution < -0.4 is 45.5 Å². The van der Waals surface area contributed by atoms with Crippen LogP contribution in [0.4, 0.5) is 0 Å². The molecule has 0 radical (unpaired) electrons. The Labute approximate surface area is 192 Å². The van der Waals surface area contributed by atoms with Gasteiger partial charge in [0.25, 0.3) is 17.2 Å². The average molecular weight is 450 g/mol. The Morgan fingerprint density at radius 2 is 2.17 bits per heavy atom. The molecule has 29 heavy (non-hydrogen) atoms. The van der Waals surface area contributed by atoms with Gasteiger partial charge in [-0.2, -0.15) is 10.3 Å². The van der Waals surface area contributed by atoms with Gasteiger partial charge in [0.05, 0.1) is 12.2 Å². The molecule has 3 rings (SSSR count). The van der Waals surface area contributed by atoms with E-state index in [1.807, 2.05) is 0 Å². The number of carbonyl (C=O) groups excluding carboxylic acids is 4. The molecule has 2 aliphatic rings. The van der Waals surface area contributed by atoms with Crippen LogP contribution in [0.25, 0.3) is 0 Å². The first-order chi connectivity index (χ1) is 13.3. The molecule has 2 N–H and O–H groups in total. The second kappa shape index (κ2) is 9.28. The summed E-state index contributed by atoms with van der Waals surface area (Å²) in [5.41, 5.74) is -3.01. The summed E-state index contributed by atoms with van der Waals surface area (Å²) in [6.07, 6.45) is -0.560. The molecule has 1 aromatic rings. The summed E-state index contributed by atoms with van der Waals surface area (Å²) in [4.78, 5) is 63.7. The maximum Gasteiger partial charge on any atom is 1.00 e. The number of aliphatic carboxylic acids is 1. The molecule has 12 nitrogen and oxygen atoms in total. The zero-order valence-corrected chi connectivity index (χ0v) is 18.5.